The summed E-state index contributed by atoms with van der Waals surface area (Å²) < 4.78 is 1.08. The molecule has 0 bridgehead atoms. The maximum Gasteiger partial charge on any atom is 0.0972 e. The highest BCUT2D eigenvalue weighted by Crippen LogP contribution is 2.31. The van der Waals surface area contributed by atoms with Crippen LogP contribution in [-0.4, -0.2) is 15.2 Å². The lowest BCUT2D eigenvalue weighted by atomic mass is 10.1. The van der Waals surface area contributed by atoms with E-state index in [1.807, 2.05) is 18.3 Å². The third kappa shape index (κ3) is 1.18. The fourth-order valence-corrected chi connectivity index (χ4v) is 2.68. The van der Waals surface area contributed by atoms with Crippen LogP contribution in [-0.2, 0) is 0 Å². The van der Waals surface area contributed by atoms with Crippen molar-refractivity contribution >= 4 is 48.6 Å². The van der Waals surface area contributed by atoms with Crippen molar-refractivity contribution in [1.29, 1.82) is 0 Å². The predicted molar refractivity (Wildman–Crippen MR) is 73.2 cm³/mol. The van der Waals surface area contributed by atoms with Gasteiger partial charge < -0.3 is 5.10 Å². The first-order valence-electron chi connectivity index (χ1n) is 5.36. The molecule has 0 spiro atoms. The number of hydrogen-bond donors (Lipinski definition) is 2. The molecule has 2 heterocycles. The van der Waals surface area contributed by atoms with Gasteiger partial charge in [-0.2, -0.15) is 0 Å². The zero-order chi connectivity index (χ0) is 11.4. The Balaban J connectivity index is 2.33. The summed E-state index contributed by atoms with van der Waals surface area (Å²) in [7, 11) is 0. The highest BCUT2D eigenvalue weighted by molar-refractivity contribution is 9.10. The summed E-state index contributed by atoms with van der Waals surface area (Å²) in [5.74, 6) is 0. The van der Waals surface area contributed by atoms with Crippen molar-refractivity contribution in [3.63, 3.8) is 0 Å². The number of fused-ring (bicyclic) bond motifs is 5. The molecule has 0 aliphatic rings. The number of nitrogens with zero attached hydrogens (tertiary/aromatic N) is 1. The van der Waals surface area contributed by atoms with Gasteiger partial charge in [0.25, 0.3) is 0 Å². The van der Waals surface area contributed by atoms with E-state index in [1.165, 1.54) is 10.8 Å². The Morgan fingerprint density at radius 2 is 2.00 bits per heavy atom. The van der Waals surface area contributed by atoms with E-state index in [2.05, 4.69) is 49.3 Å². The molecule has 82 valence electrons. The molecular weight excluding hydrogens is 278 g/mol. The summed E-state index contributed by atoms with van der Waals surface area (Å²) in [4.78, 5) is 4.68. The minimum Gasteiger partial charge on any atom is -0.307 e. The molecule has 0 radical (unpaired) electrons. The molecule has 0 amide bonds. The molecule has 2 aromatic heterocycles. The molecule has 3 nitrogen and oxygen atoms in total. The van der Waals surface area contributed by atoms with E-state index in [1.54, 1.807) is 0 Å². The molecule has 2 aromatic carbocycles. The molecule has 17 heavy (non-hydrogen) atoms. The van der Waals surface area contributed by atoms with E-state index in [4.69, 9.17) is 0 Å². The second-order valence-corrected chi connectivity index (χ2v) is 5.03. The van der Waals surface area contributed by atoms with Crippen LogP contribution in [0.25, 0.3) is 32.7 Å². The van der Waals surface area contributed by atoms with Crippen LogP contribution in [0.15, 0.2) is 41.0 Å². The van der Waals surface area contributed by atoms with Gasteiger partial charge in [0.05, 0.1) is 16.6 Å². The first kappa shape index (κ1) is 9.24. The molecule has 4 heteroatoms. The van der Waals surface area contributed by atoms with Crippen LogP contribution >= 0.6 is 15.9 Å². The Morgan fingerprint density at radius 1 is 1.06 bits per heavy atom. The molecular formula is C13H8BrN3. The van der Waals surface area contributed by atoms with Gasteiger partial charge in [-0.1, -0.05) is 28.1 Å². The smallest absolute Gasteiger partial charge is 0.0972 e. The van der Waals surface area contributed by atoms with Crippen molar-refractivity contribution in [3.8, 4) is 0 Å². The number of rotatable bonds is 0. The van der Waals surface area contributed by atoms with Crippen LogP contribution in [0, 0.1) is 0 Å². The molecule has 0 aliphatic heterocycles. The van der Waals surface area contributed by atoms with Crippen molar-refractivity contribution in [2.45, 2.75) is 0 Å². The lowest BCUT2D eigenvalue weighted by Gasteiger charge is -1.92. The van der Waals surface area contributed by atoms with Crippen LogP contribution in [0.1, 0.15) is 0 Å². The topological polar surface area (TPSA) is 44.5 Å². The maximum atomic E-state index is 4.68. The van der Waals surface area contributed by atoms with E-state index in [0.717, 1.165) is 26.4 Å². The quantitative estimate of drug-likeness (QED) is 0.505. The van der Waals surface area contributed by atoms with Gasteiger partial charge in [-0.25, -0.2) is 4.98 Å². The van der Waals surface area contributed by atoms with E-state index in [-0.39, 0.29) is 0 Å². The summed E-state index contributed by atoms with van der Waals surface area (Å²) >= 11 is 3.50. The van der Waals surface area contributed by atoms with Crippen LogP contribution in [0.2, 0.25) is 0 Å². The van der Waals surface area contributed by atoms with Gasteiger partial charge in [0.1, 0.15) is 0 Å². The number of hydrogen-bond acceptors (Lipinski definition) is 1. The molecule has 4 aromatic rings. The summed E-state index contributed by atoms with van der Waals surface area (Å²) in [6.07, 6.45) is 1.95. The molecule has 0 unspecified atom stereocenters. The number of benzene rings is 2. The minimum absolute atomic E-state index is 1.02. The third-order valence-corrected chi connectivity index (χ3v) is 3.61. The van der Waals surface area contributed by atoms with Crippen molar-refractivity contribution in [2.75, 3.05) is 0 Å². The highest BCUT2D eigenvalue weighted by atomic mass is 79.9. The van der Waals surface area contributed by atoms with Crippen molar-refractivity contribution in [2.24, 2.45) is 0 Å². The van der Waals surface area contributed by atoms with Gasteiger partial charge in [0, 0.05) is 26.8 Å². The average molecular weight is 286 g/mol. The Labute approximate surface area is 105 Å². The normalized spacial score (nSPS) is 11.8. The summed E-state index contributed by atoms with van der Waals surface area (Å²) in [6, 6.07) is 10.4. The monoisotopic (exact) mass is 285 g/mol. The van der Waals surface area contributed by atoms with Gasteiger partial charge in [-0.05, 0) is 18.2 Å². The number of nitrogens with one attached hydrogen (secondary N) is 2. The zero-order valence-electron chi connectivity index (χ0n) is 8.79. The van der Waals surface area contributed by atoms with Gasteiger partial charge in [0.15, 0.2) is 0 Å². The molecule has 0 saturated heterocycles. The van der Waals surface area contributed by atoms with Crippen LogP contribution < -0.4 is 0 Å². The molecule has 0 atom stereocenters. The Morgan fingerprint density at radius 3 is 2.94 bits per heavy atom. The van der Waals surface area contributed by atoms with E-state index >= 15 is 0 Å². The van der Waals surface area contributed by atoms with Gasteiger partial charge in [-0.15, -0.1) is 0 Å². The van der Waals surface area contributed by atoms with E-state index in [9.17, 15) is 0 Å². The largest absolute Gasteiger partial charge is 0.307 e. The lowest BCUT2D eigenvalue weighted by Crippen LogP contribution is -1.72. The number of aromatic nitrogens is 3. The molecule has 0 aliphatic carbocycles. The van der Waals surface area contributed by atoms with Crippen molar-refractivity contribution in [1.82, 2.24) is 15.2 Å². The molecule has 2 N–H and O–H groups in total. The predicted octanol–water partition coefficient (Wildman–Crippen LogP) is 3.96. The Kier molecular flexibility index (Phi) is 1.69. The third-order valence-electron chi connectivity index (χ3n) is 3.12. The zero-order valence-corrected chi connectivity index (χ0v) is 10.4. The highest BCUT2D eigenvalue weighted by Gasteiger charge is 2.09. The van der Waals surface area contributed by atoms with Crippen LogP contribution in [0.3, 0.4) is 0 Å². The summed E-state index contributed by atoms with van der Waals surface area (Å²) in [5.41, 5.74) is 3.12. The maximum absolute atomic E-state index is 4.68. The lowest BCUT2D eigenvalue weighted by molar-refractivity contribution is 1.12. The Hall–Kier alpha value is -1.81. The molecule has 0 fully saturated rings. The van der Waals surface area contributed by atoms with Crippen LogP contribution in [0.5, 0.6) is 0 Å². The summed E-state index contributed by atoms with van der Waals surface area (Å²) in [6.45, 7) is 0. The van der Waals surface area contributed by atoms with Gasteiger partial charge in [-0.3, -0.25) is 5.10 Å². The van der Waals surface area contributed by atoms with Gasteiger partial charge >= 0.3 is 0 Å². The fraction of sp³-hybridized carbons (Fsp3) is 0. The summed E-state index contributed by atoms with van der Waals surface area (Å²) in [5, 5.41) is 9.67. The minimum atomic E-state index is 1.02. The number of H-pyrrole nitrogens is 2. The average Bonchev–Trinajstić information content (AvgIpc) is 2.91. The number of halogens is 1. The second kappa shape index (κ2) is 3.11. The SMILES string of the molecule is Brc1ccc2nc3c(ccc4c[nH][nH]c43)c2c1. The Bertz CT molecular complexity index is 857. The van der Waals surface area contributed by atoms with E-state index < -0.39 is 0 Å². The first-order valence-corrected chi connectivity index (χ1v) is 6.16. The van der Waals surface area contributed by atoms with Crippen molar-refractivity contribution < 1.29 is 0 Å². The number of aromatic amines is 2. The van der Waals surface area contributed by atoms with Crippen molar-refractivity contribution in [3.05, 3.63) is 41.0 Å². The van der Waals surface area contributed by atoms with E-state index in [0.29, 0.717) is 0 Å². The first-order chi connectivity index (χ1) is 8.33. The second-order valence-electron chi connectivity index (χ2n) is 4.11. The standard InChI is InChI=1S/C13H8BrN3/c14-8-2-4-11-10(5-8)9-3-1-7-6-15-17-12(7)13(9)16-11/h1-6,15,17H. The molecule has 4 rings (SSSR count). The van der Waals surface area contributed by atoms with Crippen LogP contribution in [0.4, 0.5) is 0 Å². The molecule has 0 saturated carbocycles. The van der Waals surface area contributed by atoms with Gasteiger partial charge in [0.2, 0.25) is 0 Å². The fourth-order valence-electron chi connectivity index (χ4n) is 2.32.